The van der Waals surface area contributed by atoms with Gasteiger partial charge in [-0.05, 0) is 31.9 Å². The second kappa shape index (κ2) is 5.85. The fraction of sp³-hybridized carbons (Fsp3) is 0.500. The molecule has 2 aliphatic heterocycles. The van der Waals surface area contributed by atoms with Gasteiger partial charge in [-0.3, -0.25) is 3.95 Å². The van der Waals surface area contributed by atoms with Crippen molar-refractivity contribution < 1.29 is 9.66 Å². The summed E-state index contributed by atoms with van der Waals surface area (Å²) in [6.45, 7) is 3.15. The van der Waals surface area contributed by atoms with Gasteiger partial charge in [-0.15, -0.1) is 0 Å². The van der Waals surface area contributed by atoms with Crippen LogP contribution in [0, 0.1) is 15.5 Å². The molecule has 0 radical (unpaired) electrons. The van der Waals surface area contributed by atoms with Crippen molar-refractivity contribution in [1.82, 2.24) is 4.98 Å². The van der Waals surface area contributed by atoms with Crippen molar-refractivity contribution in [2.24, 2.45) is 9.36 Å². The molecule has 7 nitrogen and oxygen atoms in total. The average Bonchev–Trinajstić information content (AvgIpc) is 2.27. The summed E-state index contributed by atoms with van der Waals surface area (Å²) in [5, 5.41) is 10.9. The molecule has 0 bridgehead atoms. The van der Waals surface area contributed by atoms with Gasteiger partial charge in [0.1, 0.15) is 5.69 Å². The van der Waals surface area contributed by atoms with Gasteiger partial charge in [0.25, 0.3) is 0 Å². The summed E-state index contributed by atoms with van der Waals surface area (Å²) in [6, 6.07) is 1.75. The number of nitro groups is 1. The zero-order valence-corrected chi connectivity index (χ0v) is 13.6. The highest BCUT2D eigenvalue weighted by Crippen LogP contribution is 2.42. The van der Waals surface area contributed by atoms with Crippen molar-refractivity contribution >= 4 is 50.3 Å². The van der Waals surface area contributed by atoms with Gasteiger partial charge >= 0.3 is 5.82 Å². The first-order valence-electron chi connectivity index (χ1n) is 5.44. The Balaban J connectivity index is 0.000000637. The van der Waals surface area contributed by atoms with Crippen LogP contribution in [0.25, 0.3) is 0 Å². The van der Waals surface area contributed by atoms with Crippen LogP contribution in [0.4, 0.5) is 11.5 Å². The smallest absolute Gasteiger partial charge is 0.380 e. The van der Waals surface area contributed by atoms with Gasteiger partial charge < -0.3 is 19.8 Å². The highest BCUT2D eigenvalue weighted by molar-refractivity contribution is 14.1. The molecule has 19 heavy (non-hydrogen) atoms. The summed E-state index contributed by atoms with van der Waals surface area (Å²) in [4.78, 5) is 16.3. The molecular formula is C10H12BrIN4O3. The number of hydrogen-bond acceptors (Lipinski definition) is 6. The van der Waals surface area contributed by atoms with Crippen LogP contribution in [0.2, 0.25) is 0 Å². The van der Waals surface area contributed by atoms with Crippen LogP contribution in [-0.4, -0.2) is 36.2 Å². The van der Waals surface area contributed by atoms with Crippen molar-refractivity contribution in [3.8, 4) is 0 Å². The third kappa shape index (κ3) is 2.83. The van der Waals surface area contributed by atoms with Crippen LogP contribution in [-0.2, 0) is 4.74 Å². The van der Waals surface area contributed by atoms with Crippen molar-refractivity contribution in [3.63, 3.8) is 0 Å². The number of ether oxygens (including phenoxy) is 1. The molecule has 0 amide bonds. The molecule has 0 atom stereocenters. The Hall–Kier alpha value is -0.520. The summed E-state index contributed by atoms with van der Waals surface area (Å²) in [6.07, 6.45) is 1.45. The Morgan fingerprint density at radius 2 is 2.16 bits per heavy atom. The van der Waals surface area contributed by atoms with Gasteiger partial charge in [-0.1, -0.05) is 0 Å². The number of pyridine rings is 1. The van der Waals surface area contributed by atoms with Crippen LogP contribution in [0.15, 0.2) is 16.7 Å². The van der Waals surface area contributed by atoms with E-state index in [1.807, 2.05) is 4.90 Å². The zero-order valence-electron chi connectivity index (χ0n) is 9.88. The molecule has 0 aromatic carbocycles. The Bertz CT molecular complexity index is 490. The molecule has 2 N–H and O–H groups in total. The van der Waals surface area contributed by atoms with E-state index in [0.29, 0.717) is 5.69 Å². The Kier molecular flexibility index (Phi) is 4.58. The maximum atomic E-state index is 10.9. The maximum absolute atomic E-state index is 10.9. The Morgan fingerprint density at radius 3 is 2.63 bits per heavy atom. The van der Waals surface area contributed by atoms with Crippen molar-refractivity contribution in [3.05, 3.63) is 26.9 Å². The number of aromatic nitrogens is 1. The quantitative estimate of drug-likeness (QED) is 0.325. The van der Waals surface area contributed by atoms with E-state index < -0.39 is 4.92 Å². The van der Waals surface area contributed by atoms with Gasteiger partial charge in [0.2, 0.25) is 0 Å². The normalized spacial score (nSPS) is 19.0. The highest BCUT2D eigenvalue weighted by Gasteiger charge is 2.50. The van der Waals surface area contributed by atoms with E-state index >= 15 is 0 Å². The number of rotatable bonds is 2. The summed E-state index contributed by atoms with van der Waals surface area (Å²) in [5.74, 6) is -0.0803. The lowest BCUT2D eigenvalue weighted by molar-refractivity contribution is -0.388. The van der Waals surface area contributed by atoms with E-state index in [1.165, 1.54) is 6.20 Å². The van der Waals surface area contributed by atoms with Gasteiger partial charge in [-0.2, -0.15) is 0 Å². The molecule has 2 saturated heterocycles. The summed E-state index contributed by atoms with van der Waals surface area (Å²) in [5.41, 5.74) is 0.817. The fourth-order valence-electron chi connectivity index (χ4n) is 2.30. The van der Waals surface area contributed by atoms with Crippen LogP contribution in [0.3, 0.4) is 0 Å². The first-order chi connectivity index (χ1) is 9.10. The molecule has 3 rings (SSSR count). The van der Waals surface area contributed by atoms with E-state index in [-0.39, 0.29) is 11.2 Å². The number of nitrogens with two attached hydrogens (primary N) is 1. The minimum atomic E-state index is -0.440. The third-order valence-corrected chi connectivity index (χ3v) is 3.63. The van der Waals surface area contributed by atoms with Crippen molar-refractivity contribution in [1.29, 1.82) is 0 Å². The number of nitrogens with zero attached hydrogens (tertiary/aromatic N) is 3. The molecule has 2 fully saturated rings. The van der Waals surface area contributed by atoms with Crippen molar-refractivity contribution in [2.75, 3.05) is 31.2 Å². The molecule has 1 aromatic heterocycles. The predicted octanol–water partition coefficient (Wildman–Crippen LogP) is 1.88. The van der Waals surface area contributed by atoms with E-state index in [2.05, 4.69) is 24.9 Å². The lowest BCUT2D eigenvalue weighted by Gasteiger charge is -2.55. The summed E-state index contributed by atoms with van der Waals surface area (Å²) >= 11 is 4.94. The van der Waals surface area contributed by atoms with Gasteiger partial charge in [0, 0.05) is 36.0 Å². The molecular weight excluding hydrogens is 431 g/mol. The maximum Gasteiger partial charge on any atom is 0.387 e. The first-order valence-corrected chi connectivity index (χ1v) is 7.48. The van der Waals surface area contributed by atoms with Gasteiger partial charge in [0.05, 0.1) is 23.1 Å². The molecule has 0 aliphatic carbocycles. The topological polar surface area (TPSA) is 94.5 Å². The van der Waals surface area contributed by atoms with Gasteiger partial charge in [0.15, 0.2) is 6.20 Å². The highest BCUT2D eigenvalue weighted by atomic mass is 127. The average molecular weight is 443 g/mol. The largest absolute Gasteiger partial charge is 0.387 e. The molecule has 3 heterocycles. The lowest BCUT2D eigenvalue weighted by Crippen LogP contribution is -2.66. The molecule has 104 valence electrons. The lowest BCUT2D eigenvalue weighted by atomic mass is 9.78. The van der Waals surface area contributed by atoms with Crippen LogP contribution < -0.4 is 8.85 Å². The molecule has 2 aliphatic rings. The first kappa shape index (κ1) is 14.9. The van der Waals surface area contributed by atoms with E-state index in [1.54, 1.807) is 28.9 Å². The van der Waals surface area contributed by atoms with Crippen LogP contribution in [0.1, 0.15) is 0 Å². The number of hydrogen-bond donors (Lipinski definition) is 1. The third-order valence-electron chi connectivity index (χ3n) is 3.20. The summed E-state index contributed by atoms with van der Waals surface area (Å²) < 4.78 is 10.4. The Morgan fingerprint density at radius 1 is 1.53 bits per heavy atom. The van der Waals surface area contributed by atoms with Crippen molar-refractivity contribution in [2.45, 2.75) is 0 Å². The minimum absolute atomic E-state index is 0.0803. The van der Waals surface area contributed by atoms with Crippen LogP contribution >= 0.6 is 38.8 Å². The molecule has 1 aromatic rings. The van der Waals surface area contributed by atoms with E-state index in [0.717, 1.165) is 30.8 Å². The monoisotopic (exact) mass is 442 g/mol. The molecule has 9 heteroatoms. The number of halogens is 2. The molecule has 0 unspecified atom stereocenters. The fourth-order valence-corrected chi connectivity index (χ4v) is 2.62. The molecule has 1 spiro atoms. The predicted molar refractivity (Wildman–Crippen MR) is 82.3 cm³/mol. The second-order valence-corrected chi connectivity index (χ2v) is 5.52. The standard InChI is InChI=1S/C10H10BrN3O3.H2IN/c11-7-1-8(9(12-2-7)14(15)16)13-3-10(4-13)5-17-6-10;1-2/h1-2H,3-6H2;2H2. The Labute approximate surface area is 132 Å². The second-order valence-electron chi connectivity index (χ2n) is 4.60. The summed E-state index contributed by atoms with van der Waals surface area (Å²) in [7, 11) is 0. The number of anilines is 1. The van der Waals surface area contributed by atoms with Gasteiger partial charge in [-0.25, -0.2) is 0 Å². The SMILES string of the molecule is NI.O=[N+]([O-])c1ncc(Br)cc1N1CC2(COC2)C1. The zero-order chi connectivity index (χ0) is 14.0. The van der Waals surface area contributed by atoms with Crippen LogP contribution in [0.5, 0.6) is 0 Å². The minimum Gasteiger partial charge on any atom is -0.380 e. The van der Waals surface area contributed by atoms with E-state index in [4.69, 9.17) is 4.74 Å². The van der Waals surface area contributed by atoms with E-state index in [9.17, 15) is 10.1 Å². The molecule has 0 saturated carbocycles.